The number of hydrogen-bond acceptors (Lipinski definition) is 3. The van der Waals surface area contributed by atoms with E-state index in [1.807, 2.05) is 4.90 Å². The Labute approximate surface area is 104 Å². The van der Waals surface area contributed by atoms with Gasteiger partial charge in [-0.3, -0.25) is 9.69 Å². The molecule has 2 aliphatic rings. The van der Waals surface area contributed by atoms with E-state index in [1.165, 1.54) is 25.7 Å². The van der Waals surface area contributed by atoms with Gasteiger partial charge in [0.05, 0.1) is 6.54 Å². The number of likely N-dealkylation sites (tertiary alicyclic amines) is 2. The molecule has 0 bridgehead atoms. The SMILES string of the molecule is CCNC1CCCN(CC(=O)N2CCCC2)C1. The molecule has 4 nitrogen and oxygen atoms in total. The normalized spacial score (nSPS) is 26.4. The lowest BCUT2D eigenvalue weighted by molar-refractivity contribution is -0.131. The van der Waals surface area contributed by atoms with Crippen LogP contribution in [0.25, 0.3) is 0 Å². The highest BCUT2D eigenvalue weighted by Gasteiger charge is 2.24. The molecule has 0 aromatic rings. The summed E-state index contributed by atoms with van der Waals surface area (Å²) in [5.74, 6) is 0.333. The Kier molecular flexibility index (Phi) is 4.80. The van der Waals surface area contributed by atoms with E-state index in [9.17, 15) is 4.79 Å². The molecule has 0 saturated carbocycles. The average Bonchev–Trinajstić information content (AvgIpc) is 2.83. The van der Waals surface area contributed by atoms with E-state index in [0.717, 1.165) is 32.7 Å². The fraction of sp³-hybridized carbons (Fsp3) is 0.923. The average molecular weight is 239 g/mol. The van der Waals surface area contributed by atoms with E-state index in [1.54, 1.807) is 0 Å². The number of nitrogens with zero attached hydrogens (tertiary/aromatic N) is 2. The van der Waals surface area contributed by atoms with Crippen LogP contribution in [-0.2, 0) is 4.79 Å². The largest absolute Gasteiger partial charge is 0.342 e. The summed E-state index contributed by atoms with van der Waals surface area (Å²) in [6, 6.07) is 0.583. The van der Waals surface area contributed by atoms with Crippen LogP contribution in [-0.4, -0.2) is 61.0 Å². The summed E-state index contributed by atoms with van der Waals surface area (Å²) in [5.41, 5.74) is 0. The number of hydrogen-bond donors (Lipinski definition) is 1. The van der Waals surface area contributed by atoms with Crippen LogP contribution < -0.4 is 5.32 Å². The van der Waals surface area contributed by atoms with Crippen molar-refractivity contribution in [2.24, 2.45) is 0 Å². The lowest BCUT2D eigenvalue weighted by Crippen LogP contribution is -2.49. The summed E-state index contributed by atoms with van der Waals surface area (Å²) in [6.07, 6.45) is 4.84. The molecular formula is C13H25N3O. The minimum atomic E-state index is 0.333. The van der Waals surface area contributed by atoms with Crippen molar-refractivity contribution in [1.29, 1.82) is 0 Å². The molecule has 1 unspecified atom stereocenters. The maximum Gasteiger partial charge on any atom is 0.236 e. The van der Waals surface area contributed by atoms with Gasteiger partial charge in [-0.2, -0.15) is 0 Å². The second-order valence-corrected chi connectivity index (χ2v) is 5.22. The molecule has 1 atom stereocenters. The van der Waals surface area contributed by atoms with E-state index in [4.69, 9.17) is 0 Å². The summed E-state index contributed by atoms with van der Waals surface area (Å²) in [7, 11) is 0. The van der Waals surface area contributed by atoms with E-state index < -0.39 is 0 Å². The van der Waals surface area contributed by atoms with Crippen LogP contribution in [0.2, 0.25) is 0 Å². The number of amides is 1. The van der Waals surface area contributed by atoms with Gasteiger partial charge in [-0.1, -0.05) is 6.92 Å². The van der Waals surface area contributed by atoms with E-state index >= 15 is 0 Å². The van der Waals surface area contributed by atoms with Crippen LogP contribution in [0.15, 0.2) is 0 Å². The van der Waals surface area contributed by atoms with Gasteiger partial charge in [0.1, 0.15) is 0 Å². The van der Waals surface area contributed by atoms with Gasteiger partial charge in [0, 0.05) is 25.7 Å². The van der Waals surface area contributed by atoms with Crippen LogP contribution in [0.1, 0.15) is 32.6 Å². The lowest BCUT2D eigenvalue weighted by Gasteiger charge is -2.33. The van der Waals surface area contributed by atoms with Gasteiger partial charge >= 0.3 is 0 Å². The number of likely N-dealkylation sites (N-methyl/N-ethyl adjacent to an activating group) is 1. The first kappa shape index (κ1) is 12.8. The number of carbonyl (C=O) groups excluding carboxylic acids is 1. The van der Waals surface area contributed by atoms with Gasteiger partial charge in [0.15, 0.2) is 0 Å². The molecule has 2 aliphatic heterocycles. The van der Waals surface area contributed by atoms with Crippen molar-refractivity contribution in [2.75, 3.05) is 39.3 Å². The third kappa shape index (κ3) is 3.68. The van der Waals surface area contributed by atoms with Crippen LogP contribution in [0, 0.1) is 0 Å². The number of nitrogens with one attached hydrogen (secondary N) is 1. The van der Waals surface area contributed by atoms with Gasteiger partial charge < -0.3 is 10.2 Å². The van der Waals surface area contributed by atoms with E-state index in [2.05, 4.69) is 17.1 Å². The minimum Gasteiger partial charge on any atom is -0.342 e. The minimum absolute atomic E-state index is 0.333. The van der Waals surface area contributed by atoms with Crippen molar-refractivity contribution in [3.63, 3.8) is 0 Å². The molecule has 2 fully saturated rings. The molecule has 0 aliphatic carbocycles. The maximum absolute atomic E-state index is 12.0. The van der Waals surface area contributed by atoms with Gasteiger partial charge in [-0.05, 0) is 38.8 Å². The highest BCUT2D eigenvalue weighted by Crippen LogP contribution is 2.12. The molecule has 2 rings (SSSR count). The van der Waals surface area contributed by atoms with Crippen LogP contribution in [0.4, 0.5) is 0 Å². The first-order valence-corrected chi connectivity index (χ1v) is 7.03. The maximum atomic E-state index is 12.0. The van der Waals surface area contributed by atoms with Crippen molar-refractivity contribution in [3.05, 3.63) is 0 Å². The Balaban J connectivity index is 1.75. The topological polar surface area (TPSA) is 35.6 Å². The van der Waals surface area contributed by atoms with Crippen molar-refractivity contribution in [1.82, 2.24) is 15.1 Å². The van der Waals surface area contributed by atoms with E-state index in [0.29, 0.717) is 18.5 Å². The zero-order valence-electron chi connectivity index (χ0n) is 11.0. The molecule has 1 amide bonds. The molecule has 2 saturated heterocycles. The molecule has 0 radical (unpaired) electrons. The second-order valence-electron chi connectivity index (χ2n) is 5.22. The first-order valence-electron chi connectivity index (χ1n) is 7.03. The number of carbonyl (C=O) groups is 1. The highest BCUT2D eigenvalue weighted by molar-refractivity contribution is 5.78. The van der Waals surface area contributed by atoms with Crippen molar-refractivity contribution in [3.8, 4) is 0 Å². The van der Waals surface area contributed by atoms with Gasteiger partial charge in [0.2, 0.25) is 5.91 Å². The smallest absolute Gasteiger partial charge is 0.236 e. The molecule has 4 heteroatoms. The first-order chi connectivity index (χ1) is 8.29. The third-order valence-electron chi connectivity index (χ3n) is 3.82. The zero-order chi connectivity index (χ0) is 12.1. The van der Waals surface area contributed by atoms with Gasteiger partial charge in [-0.15, -0.1) is 0 Å². The molecule has 2 heterocycles. The standard InChI is InChI=1S/C13H25N3O/c1-2-14-12-6-5-7-15(10-12)11-13(17)16-8-3-4-9-16/h12,14H,2-11H2,1H3. The predicted octanol–water partition coefficient (Wildman–Crippen LogP) is 0.683. The molecule has 98 valence electrons. The molecule has 0 aromatic carbocycles. The van der Waals surface area contributed by atoms with Gasteiger partial charge in [-0.25, -0.2) is 0 Å². The predicted molar refractivity (Wildman–Crippen MR) is 69.0 cm³/mol. The van der Waals surface area contributed by atoms with Crippen LogP contribution in [0.5, 0.6) is 0 Å². The Morgan fingerprint density at radius 2 is 2.00 bits per heavy atom. The Morgan fingerprint density at radius 3 is 2.71 bits per heavy atom. The fourth-order valence-electron chi connectivity index (χ4n) is 2.91. The molecule has 0 aromatic heterocycles. The van der Waals surface area contributed by atoms with Crippen molar-refractivity contribution < 1.29 is 4.79 Å². The van der Waals surface area contributed by atoms with Crippen LogP contribution >= 0.6 is 0 Å². The highest BCUT2D eigenvalue weighted by atomic mass is 16.2. The van der Waals surface area contributed by atoms with Gasteiger partial charge in [0.25, 0.3) is 0 Å². The summed E-state index contributed by atoms with van der Waals surface area (Å²) >= 11 is 0. The summed E-state index contributed by atoms with van der Waals surface area (Å²) in [5, 5.41) is 3.49. The quantitative estimate of drug-likeness (QED) is 0.784. The fourth-order valence-corrected chi connectivity index (χ4v) is 2.91. The van der Waals surface area contributed by atoms with E-state index in [-0.39, 0.29) is 0 Å². The molecule has 17 heavy (non-hydrogen) atoms. The molecule has 0 spiro atoms. The summed E-state index contributed by atoms with van der Waals surface area (Å²) in [4.78, 5) is 16.4. The summed E-state index contributed by atoms with van der Waals surface area (Å²) < 4.78 is 0. The Bertz CT molecular complexity index is 249. The monoisotopic (exact) mass is 239 g/mol. The van der Waals surface area contributed by atoms with Crippen molar-refractivity contribution >= 4 is 5.91 Å². The Morgan fingerprint density at radius 1 is 1.24 bits per heavy atom. The van der Waals surface area contributed by atoms with Crippen LogP contribution in [0.3, 0.4) is 0 Å². The number of piperidine rings is 1. The summed E-state index contributed by atoms with van der Waals surface area (Å²) in [6.45, 7) is 7.87. The van der Waals surface area contributed by atoms with Crippen molar-refractivity contribution in [2.45, 2.75) is 38.6 Å². The lowest BCUT2D eigenvalue weighted by atomic mass is 10.1. The zero-order valence-corrected chi connectivity index (χ0v) is 11.0. The Hall–Kier alpha value is -0.610. The molecule has 1 N–H and O–H groups in total. The number of rotatable bonds is 4. The molecular weight excluding hydrogens is 214 g/mol. The second kappa shape index (κ2) is 6.36. The third-order valence-corrected chi connectivity index (χ3v) is 3.82.